The molecule has 0 aliphatic heterocycles. The van der Waals surface area contributed by atoms with E-state index in [9.17, 15) is 15.0 Å². The van der Waals surface area contributed by atoms with Crippen LogP contribution in [0.5, 0.6) is 23.5 Å². The van der Waals surface area contributed by atoms with Crippen LogP contribution in [0.3, 0.4) is 0 Å². The van der Waals surface area contributed by atoms with E-state index in [0.29, 0.717) is 43.2 Å². The summed E-state index contributed by atoms with van der Waals surface area (Å²) in [5, 5.41) is 34.5. The predicted molar refractivity (Wildman–Crippen MR) is 190 cm³/mol. The Kier molecular flexibility index (Phi) is 11.7. The van der Waals surface area contributed by atoms with Gasteiger partial charge >= 0.3 is 5.97 Å². The molecule has 0 radical (unpaired) electrons. The third kappa shape index (κ3) is 8.59. The van der Waals surface area contributed by atoms with Crippen LogP contribution < -0.4 is 29.6 Å². The Hall–Kier alpha value is -4.75. The van der Waals surface area contributed by atoms with Gasteiger partial charge in [0.1, 0.15) is 12.2 Å². The Bertz CT molecular complexity index is 1830. The summed E-state index contributed by atoms with van der Waals surface area (Å²) >= 11 is 0. The highest BCUT2D eigenvalue weighted by atomic mass is 16.5. The van der Waals surface area contributed by atoms with Gasteiger partial charge in [-0.25, -0.2) is 0 Å². The smallest absolute Gasteiger partial charge is 0.306 e. The van der Waals surface area contributed by atoms with Crippen molar-refractivity contribution in [2.75, 3.05) is 27.3 Å². The fourth-order valence-corrected chi connectivity index (χ4v) is 6.99. The summed E-state index contributed by atoms with van der Waals surface area (Å²) in [6.07, 6.45) is 1.40. The molecule has 2 aromatic carbocycles. The van der Waals surface area contributed by atoms with Crippen LogP contribution in [-0.2, 0) is 30.7 Å². The van der Waals surface area contributed by atoms with Gasteiger partial charge < -0.3 is 44.9 Å². The van der Waals surface area contributed by atoms with Crippen LogP contribution in [-0.4, -0.2) is 70.8 Å². The van der Waals surface area contributed by atoms with E-state index in [4.69, 9.17) is 24.1 Å². The van der Waals surface area contributed by atoms with Crippen LogP contribution >= 0.6 is 0 Å². The largest absolute Gasteiger partial charge is 0.481 e. The molecule has 12 nitrogen and oxygen atoms in total. The minimum absolute atomic E-state index is 0.127. The highest BCUT2D eigenvalue weighted by molar-refractivity contribution is 5.75. The van der Waals surface area contributed by atoms with Crippen molar-refractivity contribution in [1.82, 2.24) is 20.6 Å². The van der Waals surface area contributed by atoms with E-state index in [-0.39, 0.29) is 25.2 Å². The Labute approximate surface area is 297 Å². The van der Waals surface area contributed by atoms with Gasteiger partial charge in [-0.05, 0) is 78.1 Å². The fourth-order valence-electron chi connectivity index (χ4n) is 6.99. The van der Waals surface area contributed by atoms with E-state index in [1.54, 1.807) is 21.1 Å². The Balaban J connectivity index is 1.15. The number of fused-ring (bicyclic) bond motifs is 2. The lowest BCUT2D eigenvalue weighted by Crippen LogP contribution is -2.28. The highest BCUT2D eigenvalue weighted by Crippen LogP contribution is 2.45. The molecule has 270 valence electrons. The molecule has 0 amide bonds. The molecule has 0 bridgehead atoms. The molecule has 4 atom stereocenters. The van der Waals surface area contributed by atoms with Gasteiger partial charge in [-0.2, -0.15) is 9.97 Å². The quantitative estimate of drug-likeness (QED) is 0.104. The molecule has 2 aliphatic rings. The third-order valence-corrected chi connectivity index (χ3v) is 9.32. The molecule has 51 heavy (non-hydrogen) atoms. The summed E-state index contributed by atoms with van der Waals surface area (Å²) in [4.78, 5) is 20.0. The zero-order valence-electron chi connectivity index (χ0n) is 29.2. The van der Waals surface area contributed by atoms with Crippen LogP contribution in [0.15, 0.2) is 60.7 Å². The van der Waals surface area contributed by atoms with Gasteiger partial charge in [0, 0.05) is 49.4 Å². The number of aliphatic hydroxyl groups is 2. The summed E-state index contributed by atoms with van der Waals surface area (Å²) < 4.78 is 24.0. The average molecular weight is 699 g/mol. The molecule has 6 rings (SSSR count). The number of carboxylic acids is 1. The summed E-state index contributed by atoms with van der Waals surface area (Å²) in [6, 6.07) is 20.4. The van der Waals surface area contributed by atoms with E-state index in [1.165, 1.54) is 27.8 Å². The first kappa shape index (κ1) is 36.1. The maximum atomic E-state index is 10.8. The summed E-state index contributed by atoms with van der Waals surface area (Å²) in [6.45, 7) is 3.25. The van der Waals surface area contributed by atoms with Crippen molar-refractivity contribution in [2.24, 2.45) is 0 Å². The first-order valence-corrected chi connectivity index (χ1v) is 17.4. The molecule has 2 aliphatic carbocycles. The number of hydrogen-bond acceptors (Lipinski definition) is 11. The maximum absolute atomic E-state index is 10.8. The number of benzene rings is 2. The normalized spacial score (nSPS) is 17.4. The number of carboxylic acid groups (broad SMARTS) is 1. The van der Waals surface area contributed by atoms with Gasteiger partial charge in [0.2, 0.25) is 23.5 Å². The van der Waals surface area contributed by atoms with Gasteiger partial charge in [-0.15, -0.1) is 0 Å². The number of methoxy groups -OCH3 is 2. The lowest BCUT2D eigenvalue weighted by atomic mass is 9.91. The number of aromatic nitrogens is 2. The van der Waals surface area contributed by atoms with Gasteiger partial charge in [-0.1, -0.05) is 36.4 Å². The standard InChI is InChI=1S/C39H46N4O8/c1-23(44)19-40-20-24-10-16-35(42-38(24)48-2)50-33-14-12-29-27(6-4-8-31(29)33)28-7-5-9-32-30(28)13-15-34(32)51-36-17-11-25(39(43-36)49-3)21-41-22-26(45)18-37(46)47/h4-11,16-17,23,26,33-34,40-41,44-45H,12-15,18-22H2,1-3H3,(H,46,47)/t23-,26-,33?,34?/m0/s1. The topological polar surface area (TPSA) is 165 Å². The first-order chi connectivity index (χ1) is 24.7. The zero-order chi connectivity index (χ0) is 35.9. The molecular formula is C39H46N4O8. The molecule has 2 aromatic heterocycles. The maximum Gasteiger partial charge on any atom is 0.306 e. The zero-order valence-corrected chi connectivity index (χ0v) is 29.2. The number of hydrogen-bond donors (Lipinski definition) is 5. The molecule has 4 aromatic rings. The number of ether oxygens (including phenoxy) is 4. The molecule has 12 heteroatoms. The second-order valence-electron chi connectivity index (χ2n) is 13.0. The average Bonchev–Trinajstić information content (AvgIpc) is 3.72. The molecule has 2 unspecified atom stereocenters. The summed E-state index contributed by atoms with van der Waals surface area (Å²) in [5.41, 5.74) is 8.97. The van der Waals surface area contributed by atoms with Crippen molar-refractivity contribution >= 4 is 5.97 Å². The highest BCUT2D eigenvalue weighted by Gasteiger charge is 2.31. The predicted octanol–water partition coefficient (Wildman–Crippen LogP) is 4.69. The van der Waals surface area contributed by atoms with Crippen molar-refractivity contribution in [3.8, 4) is 34.6 Å². The monoisotopic (exact) mass is 698 g/mol. The number of nitrogens with zero attached hydrogens (tertiary/aromatic N) is 2. The summed E-state index contributed by atoms with van der Waals surface area (Å²) in [7, 11) is 3.14. The van der Waals surface area contributed by atoms with Gasteiger partial charge in [0.05, 0.1) is 32.8 Å². The molecular weight excluding hydrogens is 652 g/mol. The van der Waals surface area contributed by atoms with Crippen molar-refractivity contribution in [3.05, 3.63) is 94.0 Å². The second-order valence-corrected chi connectivity index (χ2v) is 13.0. The lowest BCUT2D eigenvalue weighted by molar-refractivity contribution is -0.139. The van der Waals surface area contributed by atoms with Crippen LogP contribution in [0.2, 0.25) is 0 Å². The van der Waals surface area contributed by atoms with Crippen LogP contribution in [0.25, 0.3) is 11.1 Å². The summed E-state index contributed by atoms with van der Waals surface area (Å²) in [5.74, 6) is 0.833. The van der Waals surface area contributed by atoms with Gasteiger partial charge in [0.25, 0.3) is 0 Å². The number of carbonyl (C=O) groups is 1. The Morgan fingerprint density at radius 3 is 1.71 bits per heavy atom. The van der Waals surface area contributed by atoms with Crippen molar-refractivity contribution in [3.63, 3.8) is 0 Å². The number of nitrogens with one attached hydrogen (secondary N) is 2. The molecule has 5 N–H and O–H groups in total. The van der Waals surface area contributed by atoms with Crippen LogP contribution in [0, 0.1) is 0 Å². The number of aliphatic hydroxyl groups excluding tert-OH is 2. The number of aliphatic carboxylic acids is 1. The molecule has 0 spiro atoms. The van der Waals surface area contributed by atoms with E-state index < -0.39 is 18.2 Å². The first-order valence-electron chi connectivity index (χ1n) is 17.4. The Morgan fingerprint density at radius 2 is 1.25 bits per heavy atom. The van der Waals surface area contributed by atoms with E-state index in [1.807, 2.05) is 24.3 Å². The van der Waals surface area contributed by atoms with E-state index in [0.717, 1.165) is 42.4 Å². The van der Waals surface area contributed by atoms with E-state index in [2.05, 4.69) is 57.0 Å². The fraction of sp³-hybridized carbons (Fsp3) is 0.410. The van der Waals surface area contributed by atoms with Gasteiger partial charge in [-0.3, -0.25) is 4.79 Å². The molecule has 2 heterocycles. The van der Waals surface area contributed by atoms with Crippen LogP contribution in [0.1, 0.15) is 71.8 Å². The number of pyridine rings is 2. The Morgan fingerprint density at radius 1 is 0.765 bits per heavy atom. The van der Waals surface area contributed by atoms with Gasteiger partial charge in [0.15, 0.2) is 0 Å². The molecule has 0 saturated carbocycles. The van der Waals surface area contributed by atoms with Crippen molar-refractivity contribution in [2.45, 2.75) is 76.5 Å². The minimum Gasteiger partial charge on any atom is -0.481 e. The second kappa shape index (κ2) is 16.5. The van der Waals surface area contributed by atoms with E-state index >= 15 is 0 Å². The molecule has 0 fully saturated rings. The SMILES string of the molecule is COc1nc(OC2CCc3c(-c4cccc5c4CCC5Oc4ccc(CNC[C@H](C)O)c(OC)n4)cccc32)ccc1CNC[C@@H](O)CC(=O)O. The van der Waals surface area contributed by atoms with Crippen molar-refractivity contribution in [1.29, 1.82) is 0 Å². The third-order valence-electron chi connectivity index (χ3n) is 9.32. The minimum atomic E-state index is -1.05. The lowest BCUT2D eigenvalue weighted by Gasteiger charge is -2.18. The molecule has 0 saturated heterocycles. The number of rotatable bonds is 17. The van der Waals surface area contributed by atoms with Crippen molar-refractivity contribution < 1.29 is 39.1 Å². The van der Waals surface area contributed by atoms with Crippen LogP contribution in [0.4, 0.5) is 0 Å².